The zero-order chi connectivity index (χ0) is 21.3. The van der Waals surface area contributed by atoms with Crippen molar-refractivity contribution in [3.8, 4) is 0 Å². The van der Waals surface area contributed by atoms with Crippen LogP contribution in [0.1, 0.15) is 24.4 Å². The Balaban J connectivity index is 1.32. The number of hydrogen-bond acceptors (Lipinski definition) is 5. The molecule has 2 aliphatic rings. The molecule has 0 saturated carbocycles. The molecule has 2 saturated heterocycles. The van der Waals surface area contributed by atoms with Crippen LogP contribution in [0.3, 0.4) is 0 Å². The highest BCUT2D eigenvalue weighted by Gasteiger charge is 2.28. The molecule has 5 nitrogen and oxygen atoms in total. The minimum absolute atomic E-state index is 0.476. The summed E-state index contributed by atoms with van der Waals surface area (Å²) in [4.78, 5) is 7.91. The maximum atomic E-state index is 5.27. The summed E-state index contributed by atoms with van der Waals surface area (Å²) in [7, 11) is 1.79. The van der Waals surface area contributed by atoms with Crippen molar-refractivity contribution in [2.75, 3.05) is 71.4 Å². The van der Waals surface area contributed by atoms with Crippen LogP contribution < -0.4 is 5.32 Å². The number of methoxy groups -OCH3 is 1. The number of piperidine rings is 1. The molecule has 5 heteroatoms. The Morgan fingerprint density at radius 1 is 0.839 bits per heavy atom. The van der Waals surface area contributed by atoms with Crippen LogP contribution in [0.4, 0.5) is 5.69 Å². The van der Waals surface area contributed by atoms with Crippen LogP contribution >= 0.6 is 0 Å². The quantitative estimate of drug-likeness (QED) is 0.668. The highest BCUT2D eigenvalue weighted by molar-refractivity contribution is 5.43. The molecule has 1 unspecified atom stereocenters. The van der Waals surface area contributed by atoms with Crippen LogP contribution in [0, 0.1) is 0 Å². The second-order valence-electron chi connectivity index (χ2n) is 8.88. The molecule has 0 amide bonds. The molecule has 0 spiro atoms. The van der Waals surface area contributed by atoms with E-state index in [2.05, 4.69) is 80.7 Å². The molecular weight excluding hydrogens is 384 g/mol. The molecule has 31 heavy (non-hydrogen) atoms. The van der Waals surface area contributed by atoms with Crippen molar-refractivity contribution in [2.24, 2.45) is 0 Å². The minimum atomic E-state index is 0.476. The first-order chi connectivity index (χ1) is 15.3. The van der Waals surface area contributed by atoms with Crippen molar-refractivity contribution in [3.63, 3.8) is 0 Å². The van der Waals surface area contributed by atoms with E-state index in [4.69, 9.17) is 4.74 Å². The first-order valence-electron chi connectivity index (χ1n) is 11.9. The Morgan fingerprint density at radius 3 is 2.13 bits per heavy atom. The van der Waals surface area contributed by atoms with Gasteiger partial charge in [0, 0.05) is 77.2 Å². The van der Waals surface area contributed by atoms with Crippen molar-refractivity contribution < 1.29 is 4.74 Å². The molecule has 4 rings (SSSR count). The van der Waals surface area contributed by atoms with Gasteiger partial charge in [-0.1, -0.05) is 48.5 Å². The Morgan fingerprint density at radius 2 is 1.48 bits per heavy atom. The Hall–Kier alpha value is -1.92. The fourth-order valence-corrected chi connectivity index (χ4v) is 4.90. The van der Waals surface area contributed by atoms with E-state index in [1.165, 1.54) is 37.2 Å². The molecule has 0 aromatic heterocycles. The Bertz CT molecular complexity index is 741. The van der Waals surface area contributed by atoms with Gasteiger partial charge in [-0.2, -0.15) is 0 Å². The molecule has 168 valence electrons. The van der Waals surface area contributed by atoms with Crippen molar-refractivity contribution in [3.05, 3.63) is 66.2 Å². The monoisotopic (exact) mass is 422 g/mol. The normalized spacial score (nSPS) is 20.5. The Labute approximate surface area is 188 Å². The maximum absolute atomic E-state index is 5.27. The smallest absolute Gasteiger partial charge is 0.0589 e. The largest absolute Gasteiger partial charge is 0.383 e. The predicted molar refractivity (Wildman–Crippen MR) is 129 cm³/mol. The van der Waals surface area contributed by atoms with E-state index in [1.807, 2.05) is 0 Å². The predicted octanol–water partition coefficient (Wildman–Crippen LogP) is 3.57. The summed E-state index contributed by atoms with van der Waals surface area (Å²) in [6.07, 6.45) is 2.42. The standard InChI is InChI=1S/C26H38N4O/c1-31-21-20-28-16-18-30(19-17-28)26(23-8-4-2-5-9-23)22-29-14-12-25(13-15-29)27-24-10-6-3-7-11-24/h2-11,25-27H,12-22H2,1H3. The molecule has 0 aliphatic carbocycles. The lowest BCUT2D eigenvalue weighted by Crippen LogP contribution is -2.51. The number of likely N-dealkylation sites (tertiary alicyclic amines) is 1. The SMILES string of the molecule is COCCN1CCN(C(CN2CCC(Nc3ccccc3)CC2)c2ccccc2)CC1. The number of benzene rings is 2. The van der Waals surface area contributed by atoms with E-state index in [0.717, 1.165) is 45.9 Å². The van der Waals surface area contributed by atoms with Gasteiger partial charge in [0.15, 0.2) is 0 Å². The summed E-state index contributed by atoms with van der Waals surface area (Å²) in [5, 5.41) is 3.72. The van der Waals surface area contributed by atoms with Gasteiger partial charge in [-0.25, -0.2) is 0 Å². The number of nitrogens with zero attached hydrogens (tertiary/aromatic N) is 3. The van der Waals surface area contributed by atoms with E-state index in [-0.39, 0.29) is 0 Å². The average molecular weight is 423 g/mol. The van der Waals surface area contributed by atoms with Gasteiger partial charge in [-0.05, 0) is 30.5 Å². The summed E-state index contributed by atoms with van der Waals surface area (Å²) in [6.45, 7) is 9.87. The number of hydrogen-bond donors (Lipinski definition) is 1. The maximum Gasteiger partial charge on any atom is 0.0589 e. The lowest BCUT2D eigenvalue weighted by molar-refractivity contribution is 0.0565. The summed E-state index contributed by atoms with van der Waals surface area (Å²) in [5.41, 5.74) is 2.70. The average Bonchev–Trinajstić information content (AvgIpc) is 2.84. The third kappa shape index (κ3) is 6.53. The first kappa shape index (κ1) is 22.3. The van der Waals surface area contributed by atoms with Gasteiger partial charge in [-0.15, -0.1) is 0 Å². The summed E-state index contributed by atoms with van der Waals surface area (Å²) < 4.78 is 5.27. The topological polar surface area (TPSA) is 31.0 Å². The minimum Gasteiger partial charge on any atom is -0.383 e. The zero-order valence-electron chi connectivity index (χ0n) is 19.0. The number of para-hydroxylation sites is 1. The number of nitrogens with one attached hydrogen (secondary N) is 1. The molecule has 0 radical (unpaired) electrons. The first-order valence-corrected chi connectivity index (χ1v) is 11.9. The van der Waals surface area contributed by atoms with Gasteiger partial charge in [0.05, 0.1) is 6.61 Å². The summed E-state index contributed by atoms with van der Waals surface area (Å²) >= 11 is 0. The van der Waals surface area contributed by atoms with Crippen LogP contribution in [-0.2, 0) is 4.74 Å². The molecule has 1 atom stereocenters. The van der Waals surface area contributed by atoms with Crippen LogP contribution in [0.2, 0.25) is 0 Å². The highest BCUT2D eigenvalue weighted by Crippen LogP contribution is 2.25. The van der Waals surface area contributed by atoms with Crippen LogP contribution in [0.25, 0.3) is 0 Å². The Kier molecular flexibility index (Phi) is 8.36. The number of ether oxygens (including phenoxy) is 1. The fourth-order valence-electron chi connectivity index (χ4n) is 4.90. The van der Waals surface area contributed by atoms with Gasteiger partial charge < -0.3 is 15.0 Å². The second-order valence-corrected chi connectivity index (χ2v) is 8.88. The van der Waals surface area contributed by atoms with Gasteiger partial charge in [0.25, 0.3) is 0 Å². The number of anilines is 1. The summed E-state index contributed by atoms with van der Waals surface area (Å²) in [5.74, 6) is 0. The third-order valence-electron chi connectivity index (χ3n) is 6.81. The van der Waals surface area contributed by atoms with E-state index in [0.29, 0.717) is 12.1 Å². The van der Waals surface area contributed by atoms with Crippen molar-refractivity contribution in [1.29, 1.82) is 0 Å². The highest BCUT2D eigenvalue weighted by atomic mass is 16.5. The third-order valence-corrected chi connectivity index (χ3v) is 6.81. The van der Waals surface area contributed by atoms with Gasteiger partial charge in [-0.3, -0.25) is 9.80 Å². The van der Waals surface area contributed by atoms with Gasteiger partial charge >= 0.3 is 0 Å². The fraction of sp³-hybridized carbons (Fsp3) is 0.538. The van der Waals surface area contributed by atoms with E-state index >= 15 is 0 Å². The van der Waals surface area contributed by atoms with Crippen molar-refractivity contribution in [1.82, 2.24) is 14.7 Å². The van der Waals surface area contributed by atoms with Gasteiger partial charge in [0.2, 0.25) is 0 Å². The molecule has 2 heterocycles. The molecule has 2 aromatic rings. The zero-order valence-corrected chi connectivity index (χ0v) is 19.0. The molecule has 2 fully saturated rings. The van der Waals surface area contributed by atoms with E-state index in [1.54, 1.807) is 7.11 Å². The number of piperazine rings is 1. The molecule has 2 aromatic carbocycles. The lowest BCUT2D eigenvalue weighted by Gasteiger charge is -2.42. The van der Waals surface area contributed by atoms with E-state index < -0.39 is 0 Å². The number of rotatable bonds is 9. The van der Waals surface area contributed by atoms with Crippen LogP contribution in [0.5, 0.6) is 0 Å². The molecule has 1 N–H and O–H groups in total. The van der Waals surface area contributed by atoms with Crippen LogP contribution in [0.15, 0.2) is 60.7 Å². The van der Waals surface area contributed by atoms with Crippen molar-refractivity contribution in [2.45, 2.75) is 24.9 Å². The lowest BCUT2D eigenvalue weighted by atomic mass is 10.00. The van der Waals surface area contributed by atoms with Crippen LogP contribution in [-0.4, -0.2) is 86.8 Å². The molecular formula is C26H38N4O. The van der Waals surface area contributed by atoms with Gasteiger partial charge in [0.1, 0.15) is 0 Å². The second kappa shape index (κ2) is 11.6. The summed E-state index contributed by atoms with van der Waals surface area (Å²) in [6, 6.07) is 22.8. The molecule has 2 aliphatic heterocycles. The molecule has 0 bridgehead atoms. The van der Waals surface area contributed by atoms with Crippen molar-refractivity contribution >= 4 is 5.69 Å². The van der Waals surface area contributed by atoms with E-state index in [9.17, 15) is 0 Å².